The third kappa shape index (κ3) is 2.41. The Kier molecular flexibility index (Phi) is 3.70. The lowest BCUT2D eigenvalue weighted by Gasteiger charge is -2.35. The molecule has 3 nitrogen and oxygen atoms in total. The SMILES string of the molecule is CC1Cc2ccccc2N(c2ncccc2CCN)C1. The smallest absolute Gasteiger partial charge is 0.136 e. The zero-order chi connectivity index (χ0) is 13.9. The minimum absolute atomic E-state index is 0.637. The molecule has 1 aromatic heterocycles. The molecule has 1 unspecified atom stereocenters. The summed E-state index contributed by atoms with van der Waals surface area (Å²) in [6.45, 7) is 3.98. The van der Waals surface area contributed by atoms with Crippen molar-refractivity contribution in [3.8, 4) is 0 Å². The average Bonchev–Trinajstić information content (AvgIpc) is 2.47. The van der Waals surface area contributed by atoms with E-state index in [1.807, 2.05) is 12.3 Å². The number of nitrogens with zero attached hydrogens (tertiary/aromatic N) is 2. The van der Waals surface area contributed by atoms with E-state index in [2.05, 4.69) is 47.1 Å². The van der Waals surface area contributed by atoms with Gasteiger partial charge in [0, 0.05) is 18.4 Å². The van der Waals surface area contributed by atoms with E-state index < -0.39 is 0 Å². The molecular formula is C17H21N3. The summed E-state index contributed by atoms with van der Waals surface area (Å²) in [5.41, 5.74) is 9.68. The highest BCUT2D eigenvalue weighted by atomic mass is 15.2. The molecule has 3 heteroatoms. The summed E-state index contributed by atoms with van der Waals surface area (Å²) < 4.78 is 0. The Morgan fingerprint density at radius 2 is 2.10 bits per heavy atom. The molecule has 2 heterocycles. The Labute approximate surface area is 120 Å². The molecule has 0 bridgehead atoms. The first-order chi connectivity index (χ1) is 9.79. The molecule has 1 aliphatic heterocycles. The van der Waals surface area contributed by atoms with Crippen LogP contribution in [0, 0.1) is 5.92 Å². The van der Waals surface area contributed by atoms with E-state index in [1.54, 1.807) is 0 Å². The van der Waals surface area contributed by atoms with Crippen LogP contribution in [0.15, 0.2) is 42.6 Å². The van der Waals surface area contributed by atoms with Gasteiger partial charge in [0.15, 0.2) is 0 Å². The normalized spacial score (nSPS) is 17.9. The van der Waals surface area contributed by atoms with Crippen molar-refractivity contribution in [2.45, 2.75) is 19.8 Å². The molecule has 20 heavy (non-hydrogen) atoms. The van der Waals surface area contributed by atoms with E-state index in [9.17, 15) is 0 Å². The van der Waals surface area contributed by atoms with Crippen molar-refractivity contribution in [1.29, 1.82) is 0 Å². The monoisotopic (exact) mass is 267 g/mol. The van der Waals surface area contributed by atoms with Gasteiger partial charge in [0.2, 0.25) is 0 Å². The number of pyridine rings is 1. The maximum Gasteiger partial charge on any atom is 0.136 e. The number of aromatic nitrogens is 1. The second-order valence-electron chi connectivity index (χ2n) is 5.57. The Morgan fingerprint density at radius 3 is 2.95 bits per heavy atom. The predicted octanol–water partition coefficient (Wildman–Crippen LogP) is 2.91. The van der Waals surface area contributed by atoms with Crippen LogP contribution in [0.1, 0.15) is 18.1 Å². The van der Waals surface area contributed by atoms with Gasteiger partial charge in [-0.1, -0.05) is 31.2 Å². The Balaban J connectivity index is 2.06. The number of para-hydroxylation sites is 1. The van der Waals surface area contributed by atoms with Crippen molar-refractivity contribution in [3.05, 3.63) is 53.7 Å². The highest BCUT2D eigenvalue weighted by molar-refractivity contribution is 5.67. The van der Waals surface area contributed by atoms with Gasteiger partial charge in [-0.2, -0.15) is 0 Å². The second kappa shape index (κ2) is 5.63. The van der Waals surface area contributed by atoms with Crippen molar-refractivity contribution in [1.82, 2.24) is 4.98 Å². The van der Waals surface area contributed by atoms with Gasteiger partial charge in [-0.25, -0.2) is 4.98 Å². The van der Waals surface area contributed by atoms with Gasteiger partial charge in [0.25, 0.3) is 0 Å². The number of fused-ring (bicyclic) bond motifs is 1. The van der Waals surface area contributed by atoms with E-state index >= 15 is 0 Å². The molecule has 1 aliphatic rings. The highest BCUT2D eigenvalue weighted by Gasteiger charge is 2.24. The third-order valence-electron chi connectivity index (χ3n) is 3.88. The van der Waals surface area contributed by atoms with Gasteiger partial charge in [-0.05, 0) is 48.6 Å². The summed E-state index contributed by atoms with van der Waals surface area (Å²) in [4.78, 5) is 6.98. The van der Waals surface area contributed by atoms with Gasteiger partial charge in [0.1, 0.15) is 5.82 Å². The molecule has 2 aromatic rings. The molecule has 0 fully saturated rings. The van der Waals surface area contributed by atoms with E-state index in [0.717, 1.165) is 25.2 Å². The van der Waals surface area contributed by atoms with Crippen LogP contribution in [-0.2, 0) is 12.8 Å². The molecule has 0 radical (unpaired) electrons. The van der Waals surface area contributed by atoms with E-state index in [1.165, 1.54) is 16.8 Å². The van der Waals surface area contributed by atoms with Gasteiger partial charge in [0.05, 0.1) is 0 Å². The quantitative estimate of drug-likeness (QED) is 0.929. The first kappa shape index (κ1) is 13.1. The van der Waals surface area contributed by atoms with Crippen LogP contribution in [0.2, 0.25) is 0 Å². The largest absolute Gasteiger partial charge is 0.330 e. The fourth-order valence-corrected chi connectivity index (χ4v) is 3.02. The van der Waals surface area contributed by atoms with Crippen LogP contribution >= 0.6 is 0 Å². The Hall–Kier alpha value is -1.87. The first-order valence-corrected chi connectivity index (χ1v) is 7.29. The molecule has 104 valence electrons. The summed E-state index contributed by atoms with van der Waals surface area (Å²) in [7, 11) is 0. The fourth-order valence-electron chi connectivity index (χ4n) is 3.02. The van der Waals surface area contributed by atoms with Crippen LogP contribution in [0.25, 0.3) is 0 Å². The van der Waals surface area contributed by atoms with Crippen LogP contribution < -0.4 is 10.6 Å². The highest BCUT2D eigenvalue weighted by Crippen LogP contribution is 2.35. The summed E-state index contributed by atoms with van der Waals surface area (Å²) in [6.07, 6.45) is 3.89. The first-order valence-electron chi connectivity index (χ1n) is 7.29. The molecule has 0 amide bonds. The van der Waals surface area contributed by atoms with Crippen LogP contribution in [0.3, 0.4) is 0 Å². The van der Waals surface area contributed by atoms with Crippen molar-refractivity contribution in [3.63, 3.8) is 0 Å². The third-order valence-corrected chi connectivity index (χ3v) is 3.88. The van der Waals surface area contributed by atoms with Gasteiger partial charge < -0.3 is 10.6 Å². The Morgan fingerprint density at radius 1 is 1.25 bits per heavy atom. The van der Waals surface area contributed by atoms with Gasteiger partial charge >= 0.3 is 0 Å². The maximum absolute atomic E-state index is 5.73. The van der Waals surface area contributed by atoms with Gasteiger partial charge in [-0.15, -0.1) is 0 Å². The maximum atomic E-state index is 5.73. The van der Waals surface area contributed by atoms with E-state index in [0.29, 0.717) is 12.5 Å². The topological polar surface area (TPSA) is 42.2 Å². The second-order valence-corrected chi connectivity index (χ2v) is 5.57. The molecule has 2 N–H and O–H groups in total. The average molecular weight is 267 g/mol. The molecule has 1 aromatic carbocycles. The van der Waals surface area contributed by atoms with Crippen molar-refractivity contribution < 1.29 is 0 Å². The zero-order valence-corrected chi connectivity index (χ0v) is 11.9. The molecule has 0 aliphatic carbocycles. The minimum Gasteiger partial charge on any atom is -0.330 e. The minimum atomic E-state index is 0.637. The molecular weight excluding hydrogens is 246 g/mol. The van der Waals surface area contributed by atoms with Crippen LogP contribution in [0.4, 0.5) is 11.5 Å². The fraction of sp³-hybridized carbons (Fsp3) is 0.353. The number of hydrogen-bond acceptors (Lipinski definition) is 3. The Bertz CT molecular complexity index is 594. The summed E-state index contributed by atoms with van der Waals surface area (Å²) in [5, 5.41) is 0. The van der Waals surface area contributed by atoms with E-state index in [4.69, 9.17) is 5.73 Å². The zero-order valence-electron chi connectivity index (χ0n) is 11.9. The number of rotatable bonds is 3. The molecule has 1 atom stereocenters. The summed E-state index contributed by atoms with van der Waals surface area (Å²) in [5.74, 6) is 1.70. The van der Waals surface area contributed by atoms with Crippen LogP contribution in [-0.4, -0.2) is 18.1 Å². The number of nitrogens with two attached hydrogens (primary N) is 1. The van der Waals surface area contributed by atoms with E-state index in [-0.39, 0.29) is 0 Å². The summed E-state index contributed by atoms with van der Waals surface area (Å²) in [6, 6.07) is 12.8. The van der Waals surface area contributed by atoms with Crippen molar-refractivity contribution >= 4 is 11.5 Å². The lowest BCUT2D eigenvalue weighted by Crippen LogP contribution is -2.31. The van der Waals surface area contributed by atoms with Crippen molar-refractivity contribution in [2.24, 2.45) is 11.7 Å². The van der Waals surface area contributed by atoms with Crippen LogP contribution in [0.5, 0.6) is 0 Å². The molecule has 0 spiro atoms. The standard InChI is InChI=1S/C17H21N3/c1-13-11-15-5-2-3-7-16(15)20(12-13)17-14(8-9-18)6-4-10-19-17/h2-7,10,13H,8-9,11-12,18H2,1H3. The summed E-state index contributed by atoms with van der Waals surface area (Å²) >= 11 is 0. The number of anilines is 2. The molecule has 0 saturated carbocycles. The van der Waals surface area contributed by atoms with Gasteiger partial charge in [-0.3, -0.25) is 0 Å². The predicted molar refractivity (Wildman–Crippen MR) is 83.3 cm³/mol. The number of benzene rings is 1. The molecule has 3 rings (SSSR count). The van der Waals surface area contributed by atoms with Crippen molar-refractivity contribution in [2.75, 3.05) is 18.0 Å². The molecule has 0 saturated heterocycles. The lowest BCUT2D eigenvalue weighted by molar-refractivity contribution is 0.559. The number of hydrogen-bond donors (Lipinski definition) is 1. The lowest BCUT2D eigenvalue weighted by atomic mass is 9.93.